The van der Waals surface area contributed by atoms with Gasteiger partial charge in [-0.3, -0.25) is 14.5 Å². The lowest BCUT2D eigenvalue weighted by atomic mass is 9.98. The molecule has 0 aromatic heterocycles. The van der Waals surface area contributed by atoms with E-state index in [4.69, 9.17) is 14.6 Å². The highest BCUT2D eigenvalue weighted by Gasteiger charge is 2.37. The first-order valence-electron chi connectivity index (χ1n) is 9.64. The quantitative estimate of drug-likeness (QED) is 0.464. The number of nitro benzene ring substituents is 1. The van der Waals surface area contributed by atoms with Crippen molar-refractivity contribution < 1.29 is 32.0 Å². The largest absolute Gasteiger partial charge is 0.486 e. The number of carbonyl (C=O) groups excluding carboxylic acids is 1. The average molecular weight is 467 g/mol. The standard InChI is InChI=1S/C20H22FN3O7S/c21-9-15-10-23(20(25)31-12-14-4-2-1-3-5-14)11-16(15)13-30-19-7-6-17(32(22,28)29)8-18(19)24(26)27/h1-8,15-16H,9-13H2,(H2,22,28,29). The smallest absolute Gasteiger partial charge is 0.410 e. The Morgan fingerprint density at radius 1 is 1.19 bits per heavy atom. The second-order valence-electron chi connectivity index (χ2n) is 7.36. The second kappa shape index (κ2) is 9.92. The first-order valence-corrected chi connectivity index (χ1v) is 11.2. The van der Waals surface area contributed by atoms with Crippen LogP contribution in [0.3, 0.4) is 0 Å². The molecule has 3 rings (SSSR count). The summed E-state index contributed by atoms with van der Waals surface area (Å²) in [5.41, 5.74) is 0.239. The minimum Gasteiger partial charge on any atom is -0.486 e. The molecule has 32 heavy (non-hydrogen) atoms. The summed E-state index contributed by atoms with van der Waals surface area (Å²) < 4.78 is 47.2. The predicted molar refractivity (Wildman–Crippen MR) is 111 cm³/mol. The third kappa shape index (κ3) is 5.71. The summed E-state index contributed by atoms with van der Waals surface area (Å²) in [4.78, 5) is 23.8. The molecule has 0 saturated carbocycles. The molecule has 172 valence electrons. The van der Waals surface area contributed by atoms with Crippen molar-refractivity contribution in [2.45, 2.75) is 11.5 Å². The maximum Gasteiger partial charge on any atom is 0.410 e. The van der Waals surface area contributed by atoms with Gasteiger partial charge in [0.15, 0.2) is 5.75 Å². The molecule has 2 aromatic carbocycles. The van der Waals surface area contributed by atoms with Crippen LogP contribution in [0.15, 0.2) is 53.4 Å². The lowest BCUT2D eigenvalue weighted by molar-refractivity contribution is -0.386. The van der Waals surface area contributed by atoms with Crippen molar-refractivity contribution >= 4 is 21.8 Å². The van der Waals surface area contributed by atoms with Gasteiger partial charge in [-0.05, 0) is 17.7 Å². The van der Waals surface area contributed by atoms with Gasteiger partial charge in [-0.1, -0.05) is 30.3 Å². The number of primary sulfonamides is 1. The molecular formula is C20H22FN3O7S. The molecule has 1 aliphatic rings. The van der Waals surface area contributed by atoms with Gasteiger partial charge in [-0.2, -0.15) is 0 Å². The van der Waals surface area contributed by atoms with Crippen molar-refractivity contribution in [3.8, 4) is 5.75 Å². The Labute approximate surface area is 183 Å². The van der Waals surface area contributed by atoms with Gasteiger partial charge in [0.1, 0.15) is 6.61 Å². The molecule has 0 spiro atoms. The van der Waals surface area contributed by atoms with E-state index in [1.165, 1.54) is 4.90 Å². The van der Waals surface area contributed by atoms with E-state index >= 15 is 0 Å². The zero-order valence-corrected chi connectivity index (χ0v) is 17.7. The van der Waals surface area contributed by atoms with E-state index in [1.807, 2.05) is 30.3 Å². The van der Waals surface area contributed by atoms with Gasteiger partial charge in [-0.15, -0.1) is 0 Å². The van der Waals surface area contributed by atoms with Gasteiger partial charge in [0.25, 0.3) is 0 Å². The molecule has 2 N–H and O–H groups in total. The van der Waals surface area contributed by atoms with E-state index in [2.05, 4.69) is 0 Å². The normalized spacial score (nSPS) is 18.4. The van der Waals surface area contributed by atoms with Crippen molar-refractivity contribution in [3.63, 3.8) is 0 Å². The number of hydrogen-bond donors (Lipinski definition) is 1. The van der Waals surface area contributed by atoms with E-state index < -0.39 is 50.1 Å². The molecule has 2 aromatic rings. The maximum atomic E-state index is 13.5. The van der Waals surface area contributed by atoms with E-state index in [0.717, 1.165) is 23.8 Å². The molecule has 10 nitrogen and oxygen atoms in total. The van der Waals surface area contributed by atoms with Crippen LogP contribution in [-0.4, -0.2) is 50.7 Å². The number of halogens is 1. The molecule has 1 fully saturated rings. The van der Waals surface area contributed by atoms with Crippen LogP contribution in [0.25, 0.3) is 0 Å². The summed E-state index contributed by atoms with van der Waals surface area (Å²) in [5, 5.41) is 16.3. The summed E-state index contributed by atoms with van der Waals surface area (Å²) in [6, 6.07) is 12.1. The Hall–Kier alpha value is -3.25. The fourth-order valence-corrected chi connectivity index (χ4v) is 3.93. The minimum absolute atomic E-state index is 0.0836. The number of sulfonamides is 1. The predicted octanol–water partition coefficient (Wildman–Crippen LogP) is 2.48. The highest BCUT2D eigenvalue weighted by molar-refractivity contribution is 7.89. The molecule has 1 heterocycles. The van der Waals surface area contributed by atoms with Crippen LogP contribution in [0.5, 0.6) is 5.75 Å². The Morgan fingerprint density at radius 3 is 2.50 bits per heavy atom. The number of rotatable bonds is 8. The van der Waals surface area contributed by atoms with Gasteiger partial charge in [0.2, 0.25) is 10.0 Å². The van der Waals surface area contributed by atoms with Crippen molar-refractivity contribution in [2.24, 2.45) is 17.0 Å². The zero-order chi connectivity index (χ0) is 23.3. The van der Waals surface area contributed by atoms with Crippen LogP contribution in [0.4, 0.5) is 14.9 Å². The number of nitro groups is 1. The number of alkyl halides is 1. The molecular weight excluding hydrogens is 445 g/mol. The Balaban J connectivity index is 1.63. The summed E-state index contributed by atoms with van der Waals surface area (Å²) in [6.45, 7) is -0.439. The summed E-state index contributed by atoms with van der Waals surface area (Å²) in [7, 11) is -4.13. The lowest BCUT2D eigenvalue weighted by Crippen LogP contribution is -2.30. The molecule has 0 bridgehead atoms. The van der Waals surface area contributed by atoms with Gasteiger partial charge in [0.05, 0.1) is 23.1 Å². The topological polar surface area (TPSA) is 142 Å². The number of nitrogens with zero attached hydrogens (tertiary/aromatic N) is 2. The fraction of sp³-hybridized carbons (Fsp3) is 0.350. The van der Waals surface area contributed by atoms with Gasteiger partial charge in [-0.25, -0.2) is 18.4 Å². The first kappa shape index (κ1) is 23.4. The highest BCUT2D eigenvalue weighted by Crippen LogP contribution is 2.32. The maximum absolute atomic E-state index is 13.5. The van der Waals surface area contributed by atoms with E-state index in [1.54, 1.807) is 0 Å². The van der Waals surface area contributed by atoms with Gasteiger partial charge >= 0.3 is 11.8 Å². The SMILES string of the molecule is NS(=O)(=O)c1ccc(OCC2CN(C(=O)OCc3ccccc3)CC2CF)c([N+](=O)[O-])c1. The lowest BCUT2D eigenvalue weighted by Gasteiger charge is -2.17. The monoisotopic (exact) mass is 467 g/mol. The van der Waals surface area contributed by atoms with Gasteiger partial charge < -0.3 is 14.4 Å². The number of hydrogen-bond acceptors (Lipinski definition) is 7. The molecule has 0 aliphatic carbocycles. The zero-order valence-electron chi connectivity index (χ0n) is 16.9. The van der Waals surface area contributed by atoms with E-state index in [9.17, 15) is 27.7 Å². The van der Waals surface area contributed by atoms with Crippen LogP contribution < -0.4 is 9.88 Å². The van der Waals surface area contributed by atoms with Gasteiger partial charge in [0, 0.05) is 31.0 Å². The van der Waals surface area contributed by atoms with Crippen molar-refractivity contribution in [1.82, 2.24) is 4.90 Å². The van der Waals surface area contributed by atoms with Crippen molar-refractivity contribution in [3.05, 3.63) is 64.2 Å². The van der Waals surface area contributed by atoms with E-state index in [0.29, 0.717) is 0 Å². The number of likely N-dealkylation sites (tertiary alicyclic amines) is 1. The molecule has 2 atom stereocenters. The minimum atomic E-state index is -4.13. The third-order valence-corrected chi connectivity index (χ3v) is 6.06. The number of carbonyl (C=O) groups is 1. The Bertz CT molecular complexity index is 1080. The van der Waals surface area contributed by atoms with Crippen LogP contribution in [-0.2, 0) is 21.4 Å². The van der Waals surface area contributed by atoms with Crippen LogP contribution in [0, 0.1) is 22.0 Å². The summed E-state index contributed by atoms with van der Waals surface area (Å²) in [6.07, 6.45) is -0.585. The number of amides is 1. The van der Waals surface area contributed by atoms with Crippen LogP contribution in [0.2, 0.25) is 0 Å². The highest BCUT2D eigenvalue weighted by atomic mass is 32.2. The number of ether oxygens (including phenoxy) is 2. The Kier molecular flexibility index (Phi) is 7.26. The molecule has 0 radical (unpaired) electrons. The molecule has 1 amide bonds. The van der Waals surface area contributed by atoms with Crippen LogP contribution >= 0.6 is 0 Å². The van der Waals surface area contributed by atoms with E-state index in [-0.39, 0.29) is 32.1 Å². The summed E-state index contributed by atoms with van der Waals surface area (Å²) in [5.74, 6) is -1.13. The van der Waals surface area contributed by atoms with Crippen molar-refractivity contribution in [1.29, 1.82) is 0 Å². The molecule has 2 unspecified atom stereocenters. The second-order valence-corrected chi connectivity index (χ2v) is 8.92. The Morgan fingerprint density at radius 2 is 1.88 bits per heavy atom. The summed E-state index contributed by atoms with van der Waals surface area (Å²) >= 11 is 0. The molecule has 12 heteroatoms. The van der Waals surface area contributed by atoms with Crippen molar-refractivity contribution in [2.75, 3.05) is 26.4 Å². The third-order valence-electron chi connectivity index (χ3n) is 5.15. The molecule has 1 aliphatic heterocycles. The fourth-order valence-electron chi connectivity index (χ4n) is 3.40. The number of benzene rings is 2. The van der Waals surface area contributed by atoms with Crippen LogP contribution in [0.1, 0.15) is 5.56 Å². The number of nitrogens with two attached hydrogens (primary N) is 1. The average Bonchev–Trinajstić information content (AvgIpc) is 3.19. The first-order chi connectivity index (χ1) is 15.2. The molecule has 1 saturated heterocycles.